The second kappa shape index (κ2) is 8.26. The van der Waals surface area contributed by atoms with Crippen LogP contribution >= 0.6 is 0 Å². The van der Waals surface area contributed by atoms with Gasteiger partial charge in [-0.15, -0.1) is 0 Å². The number of Topliss-reactive ketones (excluding diaryl/α,β-unsaturated/α-hetero) is 1. The molecular formula is C23H23FN4O2. The number of carbonyl (C=O) groups is 1. The van der Waals surface area contributed by atoms with Gasteiger partial charge >= 0.3 is 0 Å². The SMILES string of the molecule is CC(C)[C@@H](CC(=O)c1cc(=O)[nH]c(-c2ncccn2)n1)c1ccc(C2CC2)c(F)c1. The predicted octanol–water partition coefficient (Wildman–Crippen LogP) is 4.26. The molecule has 30 heavy (non-hydrogen) atoms. The van der Waals surface area contributed by atoms with Crippen LogP contribution < -0.4 is 5.56 Å². The Morgan fingerprint density at radius 3 is 2.57 bits per heavy atom. The average Bonchev–Trinajstić information content (AvgIpc) is 3.57. The summed E-state index contributed by atoms with van der Waals surface area (Å²) in [6, 6.07) is 8.15. The molecule has 3 aromatic rings. The van der Waals surface area contributed by atoms with Crippen LogP contribution in [-0.4, -0.2) is 25.7 Å². The van der Waals surface area contributed by atoms with E-state index in [1.807, 2.05) is 26.0 Å². The minimum Gasteiger partial charge on any atom is -0.304 e. The van der Waals surface area contributed by atoms with E-state index >= 15 is 0 Å². The second-order valence-electron chi connectivity index (χ2n) is 8.08. The van der Waals surface area contributed by atoms with Gasteiger partial charge in [-0.3, -0.25) is 9.59 Å². The summed E-state index contributed by atoms with van der Waals surface area (Å²) in [5.41, 5.74) is 1.16. The minimum atomic E-state index is -0.447. The van der Waals surface area contributed by atoms with Crippen molar-refractivity contribution >= 4 is 5.78 Å². The van der Waals surface area contributed by atoms with Gasteiger partial charge in [0.25, 0.3) is 5.56 Å². The molecule has 0 aliphatic heterocycles. The second-order valence-corrected chi connectivity index (χ2v) is 8.08. The molecule has 4 rings (SSSR count). The molecule has 1 fully saturated rings. The van der Waals surface area contributed by atoms with Crippen LogP contribution in [0.15, 0.2) is 47.5 Å². The van der Waals surface area contributed by atoms with E-state index in [0.717, 1.165) is 24.0 Å². The first kappa shape index (κ1) is 20.1. The topological polar surface area (TPSA) is 88.6 Å². The Hall–Kier alpha value is -3.22. The van der Waals surface area contributed by atoms with Gasteiger partial charge in [0.1, 0.15) is 11.5 Å². The summed E-state index contributed by atoms with van der Waals surface area (Å²) >= 11 is 0. The maximum absolute atomic E-state index is 14.6. The Morgan fingerprint density at radius 1 is 1.20 bits per heavy atom. The molecule has 1 aromatic carbocycles. The third kappa shape index (κ3) is 4.35. The molecule has 2 heterocycles. The van der Waals surface area contributed by atoms with E-state index in [1.165, 1.54) is 18.5 Å². The van der Waals surface area contributed by atoms with Crippen molar-refractivity contribution in [2.45, 2.75) is 44.9 Å². The normalized spacial score (nSPS) is 14.7. The number of ketones is 1. The predicted molar refractivity (Wildman–Crippen MR) is 111 cm³/mol. The van der Waals surface area contributed by atoms with Gasteiger partial charge in [0, 0.05) is 24.9 Å². The van der Waals surface area contributed by atoms with Crippen molar-refractivity contribution in [1.82, 2.24) is 19.9 Å². The van der Waals surface area contributed by atoms with Crippen molar-refractivity contribution in [2.24, 2.45) is 5.92 Å². The lowest BCUT2D eigenvalue weighted by Crippen LogP contribution is -2.18. The molecule has 0 bridgehead atoms. The highest BCUT2D eigenvalue weighted by Crippen LogP contribution is 2.42. The summed E-state index contributed by atoms with van der Waals surface area (Å²) in [5, 5.41) is 0. The molecule has 1 N–H and O–H groups in total. The zero-order chi connectivity index (χ0) is 21.3. The monoisotopic (exact) mass is 406 g/mol. The van der Waals surface area contributed by atoms with E-state index < -0.39 is 5.56 Å². The molecule has 1 saturated carbocycles. The third-order valence-electron chi connectivity index (χ3n) is 5.48. The number of aromatic nitrogens is 4. The largest absolute Gasteiger partial charge is 0.304 e. The number of nitrogens with zero attached hydrogens (tertiary/aromatic N) is 3. The molecule has 1 atom stereocenters. The van der Waals surface area contributed by atoms with Crippen LogP contribution in [0, 0.1) is 11.7 Å². The van der Waals surface area contributed by atoms with Gasteiger partial charge in [0.2, 0.25) is 0 Å². The summed E-state index contributed by atoms with van der Waals surface area (Å²) in [4.78, 5) is 40.0. The number of halogens is 1. The Balaban J connectivity index is 1.60. The fourth-order valence-electron chi connectivity index (χ4n) is 3.67. The van der Waals surface area contributed by atoms with Crippen molar-refractivity contribution < 1.29 is 9.18 Å². The lowest BCUT2D eigenvalue weighted by atomic mass is 9.83. The van der Waals surface area contributed by atoms with Crippen LogP contribution in [0.25, 0.3) is 11.6 Å². The number of nitrogens with one attached hydrogen (secondary N) is 1. The summed E-state index contributed by atoms with van der Waals surface area (Å²) in [6.45, 7) is 4.00. The van der Waals surface area contributed by atoms with Gasteiger partial charge in [-0.05, 0) is 53.9 Å². The van der Waals surface area contributed by atoms with Gasteiger partial charge in [-0.25, -0.2) is 19.3 Å². The first-order valence-corrected chi connectivity index (χ1v) is 10.1. The molecule has 0 unspecified atom stereocenters. The van der Waals surface area contributed by atoms with E-state index in [9.17, 15) is 14.0 Å². The Kier molecular flexibility index (Phi) is 5.53. The molecule has 154 valence electrons. The number of benzene rings is 1. The van der Waals surface area contributed by atoms with Gasteiger partial charge < -0.3 is 4.98 Å². The highest BCUT2D eigenvalue weighted by molar-refractivity contribution is 5.95. The standard InChI is InChI=1S/C23H23FN4O2/c1-13(2)17(15-6-7-16(14-4-5-14)18(24)10-15)11-20(29)19-12-21(30)28-23(27-19)22-25-8-3-9-26-22/h3,6-10,12-14,17H,4-5,11H2,1-2H3,(H,27,28,30)/t17-/m1/s1. The molecule has 1 aliphatic carbocycles. The number of hydrogen-bond donors (Lipinski definition) is 1. The van der Waals surface area contributed by atoms with Crippen LogP contribution in [0.1, 0.15) is 66.6 Å². The number of rotatable bonds is 7. The first-order valence-electron chi connectivity index (χ1n) is 10.1. The van der Waals surface area contributed by atoms with Crippen molar-refractivity contribution in [3.63, 3.8) is 0 Å². The van der Waals surface area contributed by atoms with E-state index in [-0.39, 0.29) is 47.2 Å². The Labute approximate surface area is 173 Å². The fraction of sp³-hybridized carbons (Fsp3) is 0.348. The average molecular weight is 406 g/mol. The smallest absolute Gasteiger partial charge is 0.251 e. The molecule has 6 nitrogen and oxygen atoms in total. The third-order valence-corrected chi connectivity index (χ3v) is 5.48. The summed E-state index contributed by atoms with van der Waals surface area (Å²) < 4.78 is 14.6. The highest BCUT2D eigenvalue weighted by Gasteiger charge is 2.28. The minimum absolute atomic E-state index is 0.0573. The lowest BCUT2D eigenvalue weighted by Gasteiger charge is -2.21. The molecule has 1 aliphatic rings. The summed E-state index contributed by atoms with van der Waals surface area (Å²) in [7, 11) is 0. The maximum atomic E-state index is 14.6. The zero-order valence-corrected chi connectivity index (χ0v) is 16.9. The number of H-pyrrole nitrogens is 1. The number of aromatic amines is 1. The summed E-state index contributed by atoms with van der Waals surface area (Å²) in [6.07, 6.45) is 5.26. The van der Waals surface area contributed by atoms with Crippen LogP contribution in [0.4, 0.5) is 4.39 Å². The van der Waals surface area contributed by atoms with Crippen molar-refractivity contribution in [3.05, 3.63) is 75.7 Å². The highest BCUT2D eigenvalue weighted by atomic mass is 19.1. The van der Waals surface area contributed by atoms with Crippen LogP contribution in [0.2, 0.25) is 0 Å². The molecule has 7 heteroatoms. The zero-order valence-electron chi connectivity index (χ0n) is 16.9. The molecule has 0 radical (unpaired) electrons. The van der Waals surface area contributed by atoms with Gasteiger partial charge in [0.05, 0.1) is 0 Å². The fourth-order valence-corrected chi connectivity index (χ4v) is 3.67. The van der Waals surface area contributed by atoms with Crippen LogP contribution in [0.3, 0.4) is 0 Å². The van der Waals surface area contributed by atoms with Gasteiger partial charge in [-0.1, -0.05) is 26.0 Å². The van der Waals surface area contributed by atoms with Crippen molar-refractivity contribution in [3.8, 4) is 11.6 Å². The molecular weight excluding hydrogens is 383 g/mol. The van der Waals surface area contributed by atoms with Gasteiger partial charge in [-0.2, -0.15) is 0 Å². The molecule has 0 amide bonds. The van der Waals surface area contributed by atoms with Crippen LogP contribution in [-0.2, 0) is 0 Å². The lowest BCUT2D eigenvalue weighted by molar-refractivity contribution is 0.0961. The summed E-state index contributed by atoms with van der Waals surface area (Å²) in [5.74, 6) is 0.165. The van der Waals surface area contributed by atoms with Crippen LogP contribution in [0.5, 0.6) is 0 Å². The van der Waals surface area contributed by atoms with E-state index in [0.29, 0.717) is 5.92 Å². The number of hydrogen-bond acceptors (Lipinski definition) is 5. The maximum Gasteiger partial charge on any atom is 0.251 e. The van der Waals surface area contributed by atoms with E-state index in [4.69, 9.17) is 0 Å². The van der Waals surface area contributed by atoms with Gasteiger partial charge in [0.15, 0.2) is 17.4 Å². The Morgan fingerprint density at radius 2 is 1.93 bits per heavy atom. The quantitative estimate of drug-likeness (QED) is 0.593. The molecule has 2 aromatic heterocycles. The van der Waals surface area contributed by atoms with Crippen molar-refractivity contribution in [2.75, 3.05) is 0 Å². The Bertz CT molecular complexity index is 1120. The van der Waals surface area contributed by atoms with E-state index in [1.54, 1.807) is 12.1 Å². The molecule has 0 saturated heterocycles. The molecule has 0 spiro atoms. The number of carbonyl (C=O) groups excluding carboxylic acids is 1. The first-order chi connectivity index (χ1) is 14.4. The van der Waals surface area contributed by atoms with E-state index in [2.05, 4.69) is 19.9 Å². The van der Waals surface area contributed by atoms with Crippen molar-refractivity contribution in [1.29, 1.82) is 0 Å².